The summed E-state index contributed by atoms with van der Waals surface area (Å²) in [5, 5.41) is 0. The summed E-state index contributed by atoms with van der Waals surface area (Å²) in [6.07, 6.45) is 59.2. The van der Waals surface area contributed by atoms with Crippen LogP contribution in [0.2, 0.25) is 0 Å². The maximum Gasteiger partial charge on any atom is 0.306 e. The van der Waals surface area contributed by atoms with Gasteiger partial charge in [-0.1, -0.05) is 251 Å². The normalized spacial score (nSPS) is 12.1. The quantitative estimate of drug-likeness (QED) is 0.0262. The number of unbranched alkanes of at least 4 members (excludes halogenated alkanes) is 35. The van der Waals surface area contributed by atoms with Gasteiger partial charge in [-0.25, -0.2) is 0 Å². The molecule has 0 fully saturated rings. The van der Waals surface area contributed by atoms with E-state index >= 15 is 0 Å². The van der Waals surface area contributed by atoms with Gasteiger partial charge in [0.1, 0.15) is 13.2 Å². The van der Waals surface area contributed by atoms with E-state index < -0.39 is 6.10 Å². The van der Waals surface area contributed by atoms with Crippen LogP contribution in [0.4, 0.5) is 0 Å². The van der Waals surface area contributed by atoms with Crippen molar-refractivity contribution in [2.75, 3.05) is 13.2 Å². The summed E-state index contributed by atoms with van der Waals surface area (Å²) in [4.78, 5) is 37.7. The highest BCUT2D eigenvalue weighted by atomic mass is 16.6. The van der Waals surface area contributed by atoms with Gasteiger partial charge in [-0.15, -0.1) is 0 Å². The van der Waals surface area contributed by atoms with Crippen molar-refractivity contribution in [2.45, 2.75) is 303 Å². The molecular formula is C56H104O6. The lowest BCUT2D eigenvalue weighted by molar-refractivity contribution is -0.167. The van der Waals surface area contributed by atoms with Gasteiger partial charge in [0.05, 0.1) is 0 Å². The van der Waals surface area contributed by atoms with Crippen molar-refractivity contribution in [3.05, 3.63) is 24.3 Å². The minimum atomic E-state index is -0.768. The number of hydrogen-bond acceptors (Lipinski definition) is 6. The molecule has 0 rings (SSSR count). The lowest BCUT2D eigenvalue weighted by Gasteiger charge is -2.18. The van der Waals surface area contributed by atoms with Crippen LogP contribution in [-0.2, 0) is 28.6 Å². The molecule has 6 heteroatoms. The molecule has 0 aliphatic heterocycles. The molecule has 0 saturated carbocycles. The number of allylic oxidation sites excluding steroid dienone is 4. The van der Waals surface area contributed by atoms with Crippen LogP contribution in [0, 0.1) is 0 Å². The van der Waals surface area contributed by atoms with E-state index in [-0.39, 0.29) is 31.1 Å². The van der Waals surface area contributed by atoms with Crippen molar-refractivity contribution in [2.24, 2.45) is 0 Å². The minimum Gasteiger partial charge on any atom is -0.462 e. The lowest BCUT2D eigenvalue weighted by atomic mass is 10.0. The third kappa shape index (κ3) is 48.9. The Bertz CT molecular complexity index is 1000. The Kier molecular flexibility index (Phi) is 49.8. The Morgan fingerprint density at radius 1 is 0.323 bits per heavy atom. The molecular weight excluding hydrogens is 769 g/mol. The van der Waals surface area contributed by atoms with E-state index in [9.17, 15) is 14.4 Å². The Hall–Kier alpha value is -2.11. The summed E-state index contributed by atoms with van der Waals surface area (Å²) in [5.74, 6) is -0.878. The molecule has 6 nitrogen and oxygen atoms in total. The zero-order chi connectivity index (χ0) is 45.1. The molecule has 1 unspecified atom stereocenters. The summed E-state index contributed by atoms with van der Waals surface area (Å²) in [6.45, 7) is 6.57. The zero-order valence-corrected chi connectivity index (χ0v) is 41.7. The molecule has 0 aromatic carbocycles. The van der Waals surface area contributed by atoms with Gasteiger partial charge in [-0.3, -0.25) is 14.4 Å². The highest BCUT2D eigenvalue weighted by molar-refractivity contribution is 5.71. The molecule has 1 atom stereocenters. The van der Waals surface area contributed by atoms with E-state index in [2.05, 4.69) is 45.1 Å². The molecule has 0 saturated heterocycles. The fourth-order valence-electron chi connectivity index (χ4n) is 8.06. The summed E-state index contributed by atoms with van der Waals surface area (Å²) >= 11 is 0. The molecule has 0 heterocycles. The molecule has 0 amide bonds. The van der Waals surface area contributed by atoms with E-state index in [1.165, 1.54) is 180 Å². The van der Waals surface area contributed by atoms with Gasteiger partial charge in [0, 0.05) is 19.3 Å². The molecule has 0 bridgehead atoms. The van der Waals surface area contributed by atoms with Gasteiger partial charge in [-0.05, 0) is 51.4 Å². The van der Waals surface area contributed by atoms with Gasteiger partial charge in [0.25, 0.3) is 0 Å². The number of hydrogen-bond donors (Lipinski definition) is 0. The van der Waals surface area contributed by atoms with Crippen LogP contribution in [0.5, 0.6) is 0 Å². The van der Waals surface area contributed by atoms with Crippen molar-refractivity contribution >= 4 is 17.9 Å². The monoisotopic (exact) mass is 873 g/mol. The Labute approximate surface area is 385 Å². The predicted molar refractivity (Wildman–Crippen MR) is 266 cm³/mol. The first-order chi connectivity index (χ1) is 30.5. The summed E-state index contributed by atoms with van der Waals surface area (Å²) in [6, 6.07) is 0. The highest BCUT2D eigenvalue weighted by Gasteiger charge is 2.19. The van der Waals surface area contributed by atoms with E-state index in [1.807, 2.05) is 0 Å². The van der Waals surface area contributed by atoms with Gasteiger partial charge in [0.15, 0.2) is 6.10 Å². The van der Waals surface area contributed by atoms with Crippen LogP contribution in [0.25, 0.3) is 0 Å². The topological polar surface area (TPSA) is 78.9 Å². The Morgan fingerprint density at radius 2 is 0.581 bits per heavy atom. The second-order valence-corrected chi connectivity index (χ2v) is 18.5. The van der Waals surface area contributed by atoms with Crippen LogP contribution in [-0.4, -0.2) is 37.2 Å². The second-order valence-electron chi connectivity index (χ2n) is 18.5. The van der Waals surface area contributed by atoms with E-state index in [0.29, 0.717) is 19.3 Å². The van der Waals surface area contributed by atoms with Crippen LogP contribution in [0.3, 0.4) is 0 Å². The predicted octanol–water partition coefficient (Wildman–Crippen LogP) is 17.9. The van der Waals surface area contributed by atoms with Gasteiger partial charge in [-0.2, -0.15) is 0 Å². The number of rotatable bonds is 50. The molecule has 0 aliphatic rings. The van der Waals surface area contributed by atoms with E-state index in [1.54, 1.807) is 0 Å². The molecule has 0 N–H and O–H groups in total. The van der Waals surface area contributed by atoms with Crippen LogP contribution in [0.15, 0.2) is 24.3 Å². The third-order valence-electron chi connectivity index (χ3n) is 12.2. The second kappa shape index (κ2) is 51.5. The van der Waals surface area contributed by atoms with Crippen LogP contribution in [0.1, 0.15) is 297 Å². The highest BCUT2D eigenvalue weighted by Crippen LogP contribution is 2.17. The molecule has 0 radical (unpaired) electrons. The number of esters is 3. The minimum absolute atomic E-state index is 0.0708. The molecule has 0 aliphatic carbocycles. The van der Waals surface area contributed by atoms with Crippen molar-refractivity contribution < 1.29 is 28.6 Å². The Morgan fingerprint density at radius 3 is 0.903 bits per heavy atom. The lowest BCUT2D eigenvalue weighted by Crippen LogP contribution is -2.30. The first-order valence-corrected chi connectivity index (χ1v) is 27.3. The van der Waals surface area contributed by atoms with Crippen molar-refractivity contribution in [1.82, 2.24) is 0 Å². The largest absolute Gasteiger partial charge is 0.462 e. The van der Waals surface area contributed by atoms with Gasteiger partial charge in [0.2, 0.25) is 0 Å². The maximum absolute atomic E-state index is 12.7. The van der Waals surface area contributed by atoms with E-state index in [0.717, 1.165) is 77.0 Å². The molecule has 364 valence electrons. The van der Waals surface area contributed by atoms with Crippen LogP contribution >= 0.6 is 0 Å². The summed E-state index contributed by atoms with van der Waals surface area (Å²) in [5.41, 5.74) is 0. The number of carbonyl (C=O) groups excluding carboxylic acids is 3. The average molecular weight is 873 g/mol. The molecule has 0 aromatic heterocycles. The van der Waals surface area contributed by atoms with Crippen molar-refractivity contribution in [3.63, 3.8) is 0 Å². The average Bonchev–Trinajstić information content (AvgIpc) is 3.27. The first kappa shape index (κ1) is 59.9. The molecule has 0 aromatic rings. The standard InChI is InChI=1S/C56H104O6/c1-4-7-10-13-15-17-19-21-23-25-27-28-29-31-32-34-36-38-40-43-46-49-55(58)61-52-53(51-60-54(57)48-45-42-12-9-6-3)62-56(59)50-47-44-41-39-37-35-33-30-26-24-22-20-18-16-14-11-8-5-2/h18,20,24,26,53H,4-17,19,21-23,25,27-52H2,1-3H3/b20-18-,26-24-. The smallest absolute Gasteiger partial charge is 0.306 e. The van der Waals surface area contributed by atoms with Gasteiger partial charge < -0.3 is 14.2 Å². The van der Waals surface area contributed by atoms with E-state index in [4.69, 9.17) is 14.2 Å². The number of carbonyl (C=O) groups is 3. The fraction of sp³-hybridized carbons (Fsp3) is 0.875. The first-order valence-electron chi connectivity index (χ1n) is 27.3. The molecule has 62 heavy (non-hydrogen) atoms. The maximum atomic E-state index is 12.7. The SMILES string of the molecule is CCCCCC/C=C\C/C=C\CCCCCCCCCC(=O)OC(COC(=O)CCCCCCC)COC(=O)CCCCCCCCCCCCCCCCCCCCCCC. The number of ether oxygens (including phenoxy) is 3. The van der Waals surface area contributed by atoms with Crippen molar-refractivity contribution in [1.29, 1.82) is 0 Å². The summed E-state index contributed by atoms with van der Waals surface area (Å²) in [7, 11) is 0. The zero-order valence-electron chi connectivity index (χ0n) is 41.7. The Balaban J connectivity index is 4.09. The summed E-state index contributed by atoms with van der Waals surface area (Å²) < 4.78 is 16.7. The fourth-order valence-corrected chi connectivity index (χ4v) is 8.06. The van der Waals surface area contributed by atoms with Crippen molar-refractivity contribution in [3.8, 4) is 0 Å². The molecule has 0 spiro atoms. The van der Waals surface area contributed by atoms with Crippen LogP contribution < -0.4 is 0 Å². The third-order valence-corrected chi connectivity index (χ3v) is 12.2. The van der Waals surface area contributed by atoms with Gasteiger partial charge >= 0.3 is 17.9 Å².